The molecule has 1 aliphatic rings. The minimum absolute atomic E-state index is 0.0264. The summed E-state index contributed by atoms with van der Waals surface area (Å²) in [7, 11) is 5.56. The first-order chi connectivity index (χ1) is 15.0. The molecule has 1 atom stereocenters. The topological polar surface area (TPSA) is 69.2 Å². The fourth-order valence-corrected chi connectivity index (χ4v) is 3.74. The number of likely N-dealkylation sites (N-methyl/N-ethyl adjacent to an activating group) is 1. The van der Waals surface area contributed by atoms with Gasteiger partial charge in [0.2, 0.25) is 5.91 Å². The van der Waals surface area contributed by atoms with Crippen molar-refractivity contribution in [2.24, 2.45) is 4.99 Å². The molecule has 2 N–H and O–H groups in total. The first-order valence-corrected chi connectivity index (χ1v) is 10.6. The second kappa shape index (κ2) is 10.9. The van der Waals surface area contributed by atoms with Crippen LogP contribution in [0.15, 0.2) is 53.5 Å². The van der Waals surface area contributed by atoms with E-state index >= 15 is 0 Å². The molecule has 0 spiro atoms. The van der Waals surface area contributed by atoms with E-state index in [0.29, 0.717) is 19.7 Å². The molecule has 0 saturated carbocycles. The lowest BCUT2D eigenvalue weighted by Crippen LogP contribution is -2.48. The number of hydrogen-bond donors (Lipinski definition) is 2. The molecule has 7 nitrogen and oxygen atoms in total. The molecule has 3 rings (SSSR count). The highest BCUT2D eigenvalue weighted by Gasteiger charge is 2.25. The maximum atomic E-state index is 12.0. The second-order valence-corrected chi connectivity index (χ2v) is 8.05. The highest BCUT2D eigenvalue weighted by molar-refractivity contribution is 5.92. The van der Waals surface area contributed by atoms with Gasteiger partial charge in [0, 0.05) is 25.8 Å². The minimum atomic E-state index is -0.0264. The van der Waals surface area contributed by atoms with Crippen LogP contribution in [0, 0.1) is 6.92 Å². The van der Waals surface area contributed by atoms with Crippen molar-refractivity contribution in [2.45, 2.75) is 19.6 Å². The van der Waals surface area contributed by atoms with Crippen molar-refractivity contribution < 1.29 is 9.53 Å². The SMILES string of the molecule is CN=C(NCc1cccc(NC(=O)CN(C)C)c1)N1CCOC(c2ccccc2C)C1. The Balaban J connectivity index is 1.60. The third-order valence-electron chi connectivity index (χ3n) is 5.23. The summed E-state index contributed by atoms with van der Waals surface area (Å²) in [5, 5.41) is 6.40. The number of rotatable bonds is 6. The summed E-state index contributed by atoms with van der Waals surface area (Å²) in [5.74, 6) is 0.824. The van der Waals surface area contributed by atoms with E-state index in [9.17, 15) is 4.79 Å². The first-order valence-electron chi connectivity index (χ1n) is 10.6. The van der Waals surface area contributed by atoms with E-state index < -0.39 is 0 Å². The Bertz CT molecular complexity index is 912. The number of nitrogens with zero attached hydrogens (tertiary/aromatic N) is 3. The maximum Gasteiger partial charge on any atom is 0.238 e. The number of aliphatic imine (C=N–C) groups is 1. The van der Waals surface area contributed by atoms with Crippen LogP contribution in [-0.4, -0.2) is 69.1 Å². The summed E-state index contributed by atoms with van der Waals surface area (Å²) >= 11 is 0. The van der Waals surface area contributed by atoms with Gasteiger partial charge in [-0.15, -0.1) is 0 Å². The van der Waals surface area contributed by atoms with Crippen molar-refractivity contribution in [1.82, 2.24) is 15.1 Å². The largest absolute Gasteiger partial charge is 0.370 e. The zero-order chi connectivity index (χ0) is 22.2. The van der Waals surface area contributed by atoms with Gasteiger partial charge in [-0.1, -0.05) is 36.4 Å². The zero-order valence-corrected chi connectivity index (χ0v) is 18.9. The van der Waals surface area contributed by atoms with E-state index in [1.807, 2.05) is 43.3 Å². The molecular formula is C24H33N5O2. The van der Waals surface area contributed by atoms with Crippen LogP contribution in [0.4, 0.5) is 5.69 Å². The normalized spacial score (nSPS) is 17.0. The van der Waals surface area contributed by atoms with Crippen molar-refractivity contribution in [3.8, 4) is 0 Å². The molecule has 0 bridgehead atoms. The van der Waals surface area contributed by atoms with Crippen LogP contribution in [0.3, 0.4) is 0 Å². The molecule has 166 valence electrons. The quantitative estimate of drug-likeness (QED) is 0.552. The highest BCUT2D eigenvalue weighted by Crippen LogP contribution is 2.25. The zero-order valence-electron chi connectivity index (χ0n) is 18.9. The van der Waals surface area contributed by atoms with E-state index in [4.69, 9.17) is 4.74 Å². The number of hydrogen-bond acceptors (Lipinski definition) is 4. The standard InChI is InChI=1S/C24H33N5O2/c1-18-8-5-6-11-21(18)22-16-29(12-13-31-22)24(25-2)26-15-19-9-7-10-20(14-19)27-23(30)17-28(3)4/h5-11,14,22H,12-13,15-17H2,1-4H3,(H,25,26)(H,27,30). The number of benzene rings is 2. The minimum Gasteiger partial charge on any atom is -0.370 e. The van der Waals surface area contributed by atoms with Crippen molar-refractivity contribution in [3.63, 3.8) is 0 Å². The summed E-state index contributed by atoms with van der Waals surface area (Å²) in [6, 6.07) is 16.2. The van der Waals surface area contributed by atoms with Crippen molar-refractivity contribution in [3.05, 3.63) is 65.2 Å². The number of carbonyl (C=O) groups excluding carboxylic acids is 1. The molecule has 7 heteroatoms. The summed E-state index contributed by atoms with van der Waals surface area (Å²) in [6.07, 6.45) is 0.0312. The second-order valence-electron chi connectivity index (χ2n) is 8.05. The molecule has 1 saturated heterocycles. The number of guanidine groups is 1. The summed E-state index contributed by atoms with van der Waals surface area (Å²) < 4.78 is 6.04. The fourth-order valence-electron chi connectivity index (χ4n) is 3.74. The van der Waals surface area contributed by atoms with Crippen molar-refractivity contribution >= 4 is 17.6 Å². The van der Waals surface area contributed by atoms with Crippen molar-refractivity contribution in [2.75, 3.05) is 52.7 Å². The lowest BCUT2D eigenvalue weighted by Gasteiger charge is -2.35. The van der Waals surface area contributed by atoms with Gasteiger partial charge in [-0.25, -0.2) is 0 Å². The van der Waals surface area contributed by atoms with Gasteiger partial charge < -0.3 is 25.2 Å². The van der Waals surface area contributed by atoms with Gasteiger partial charge in [0.15, 0.2) is 5.96 Å². The number of anilines is 1. The molecule has 1 heterocycles. The molecule has 0 aliphatic carbocycles. The Kier molecular flexibility index (Phi) is 8.03. The van der Waals surface area contributed by atoms with E-state index in [2.05, 4.69) is 51.7 Å². The Morgan fingerprint density at radius 2 is 2.03 bits per heavy atom. The maximum absolute atomic E-state index is 12.0. The summed E-state index contributed by atoms with van der Waals surface area (Å²) in [4.78, 5) is 20.6. The van der Waals surface area contributed by atoms with E-state index in [1.165, 1.54) is 11.1 Å². The lowest BCUT2D eigenvalue weighted by molar-refractivity contribution is -0.116. The molecule has 1 unspecified atom stereocenters. The van der Waals surface area contributed by atoms with Crippen molar-refractivity contribution in [1.29, 1.82) is 0 Å². The molecule has 1 amide bonds. The van der Waals surface area contributed by atoms with Crippen LogP contribution in [0.5, 0.6) is 0 Å². The number of carbonyl (C=O) groups is 1. The molecule has 31 heavy (non-hydrogen) atoms. The molecule has 0 aromatic heterocycles. The highest BCUT2D eigenvalue weighted by atomic mass is 16.5. The van der Waals surface area contributed by atoms with Crippen LogP contribution in [0.25, 0.3) is 0 Å². The first kappa shape index (κ1) is 22.8. The van der Waals surface area contributed by atoms with Gasteiger partial charge in [0.05, 0.1) is 19.7 Å². The van der Waals surface area contributed by atoms with Gasteiger partial charge in [-0.2, -0.15) is 0 Å². The van der Waals surface area contributed by atoms with E-state index in [-0.39, 0.29) is 12.0 Å². The van der Waals surface area contributed by atoms with Crippen LogP contribution in [0.2, 0.25) is 0 Å². The van der Waals surface area contributed by atoms with Crippen LogP contribution < -0.4 is 10.6 Å². The van der Waals surface area contributed by atoms with Crippen LogP contribution in [-0.2, 0) is 16.1 Å². The average molecular weight is 424 g/mol. The van der Waals surface area contributed by atoms with Gasteiger partial charge in [-0.3, -0.25) is 9.79 Å². The smallest absolute Gasteiger partial charge is 0.238 e. The third kappa shape index (κ3) is 6.54. The predicted molar refractivity (Wildman–Crippen MR) is 125 cm³/mol. The predicted octanol–water partition coefficient (Wildman–Crippen LogP) is 2.64. The molecular weight excluding hydrogens is 390 g/mol. The molecule has 2 aromatic carbocycles. The fraction of sp³-hybridized carbons (Fsp3) is 0.417. The Morgan fingerprint density at radius 3 is 2.77 bits per heavy atom. The van der Waals surface area contributed by atoms with Gasteiger partial charge in [0.25, 0.3) is 0 Å². The molecule has 1 fully saturated rings. The number of ether oxygens (including phenoxy) is 1. The summed E-state index contributed by atoms with van der Waals surface area (Å²) in [6.45, 7) is 5.31. The van der Waals surface area contributed by atoms with Gasteiger partial charge in [0.1, 0.15) is 6.10 Å². The number of amides is 1. The number of aryl methyl sites for hydroxylation is 1. The van der Waals surface area contributed by atoms with Gasteiger partial charge in [-0.05, 0) is 49.8 Å². The van der Waals surface area contributed by atoms with Crippen LogP contribution in [0.1, 0.15) is 22.8 Å². The van der Waals surface area contributed by atoms with Crippen LogP contribution >= 0.6 is 0 Å². The Morgan fingerprint density at radius 1 is 1.23 bits per heavy atom. The molecule has 0 radical (unpaired) electrons. The number of morpholine rings is 1. The average Bonchev–Trinajstić information content (AvgIpc) is 2.74. The lowest BCUT2D eigenvalue weighted by atomic mass is 10.0. The number of nitrogens with one attached hydrogen (secondary N) is 2. The van der Waals surface area contributed by atoms with Gasteiger partial charge >= 0.3 is 0 Å². The molecule has 1 aliphatic heterocycles. The third-order valence-corrected chi connectivity index (χ3v) is 5.23. The Labute approximate surface area is 185 Å². The van der Waals surface area contributed by atoms with E-state index in [0.717, 1.165) is 30.3 Å². The van der Waals surface area contributed by atoms with E-state index in [1.54, 1.807) is 7.05 Å². The molecule has 2 aromatic rings. The Hall–Kier alpha value is -2.90. The monoisotopic (exact) mass is 423 g/mol. The summed E-state index contributed by atoms with van der Waals surface area (Å²) in [5.41, 5.74) is 4.34.